The predicted molar refractivity (Wildman–Crippen MR) is 100 cm³/mol. The number of carbonyl (C=O) groups is 2. The Morgan fingerprint density at radius 1 is 1.15 bits per heavy atom. The van der Waals surface area contributed by atoms with Gasteiger partial charge in [0.15, 0.2) is 0 Å². The monoisotopic (exact) mass is 350 g/mol. The molecule has 1 N–H and O–H groups in total. The van der Waals surface area contributed by atoms with Crippen LogP contribution in [0.25, 0.3) is 6.08 Å². The van der Waals surface area contributed by atoms with E-state index in [9.17, 15) is 9.59 Å². The Hall–Kier alpha value is -3.08. The van der Waals surface area contributed by atoms with Crippen LogP contribution in [0, 0.1) is 0 Å². The number of benzene rings is 2. The fourth-order valence-corrected chi connectivity index (χ4v) is 3.14. The number of nitrogens with one attached hydrogen (secondary N) is 1. The molecule has 134 valence electrons. The van der Waals surface area contributed by atoms with E-state index in [4.69, 9.17) is 4.74 Å². The molecule has 1 atom stereocenters. The lowest BCUT2D eigenvalue weighted by Gasteiger charge is -2.32. The number of amides is 2. The number of ether oxygens (including phenoxy) is 1. The van der Waals surface area contributed by atoms with Crippen LogP contribution in [0.3, 0.4) is 0 Å². The summed E-state index contributed by atoms with van der Waals surface area (Å²) in [5, 5.41) is 2.93. The SMILES string of the molecule is COc1cccc(CNC(=O)C[C@H]2c3ccccc3C=CN2C(C)=O)c1. The minimum Gasteiger partial charge on any atom is -0.497 e. The molecule has 5 nitrogen and oxygen atoms in total. The third-order valence-corrected chi connectivity index (χ3v) is 4.47. The summed E-state index contributed by atoms with van der Waals surface area (Å²) < 4.78 is 5.20. The van der Waals surface area contributed by atoms with Gasteiger partial charge in [-0.1, -0.05) is 36.4 Å². The average molecular weight is 350 g/mol. The van der Waals surface area contributed by atoms with Crippen molar-refractivity contribution in [2.75, 3.05) is 7.11 Å². The molecule has 2 aromatic carbocycles. The fourth-order valence-electron chi connectivity index (χ4n) is 3.14. The highest BCUT2D eigenvalue weighted by atomic mass is 16.5. The molecular weight excluding hydrogens is 328 g/mol. The molecule has 2 aromatic rings. The molecule has 0 aliphatic carbocycles. The maximum Gasteiger partial charge on any atom is 0.223 e. The Kier molecular flexibility index (Phi) is 5.37. The van der Waals surface area contributed by atoms with Crippen LogP contribution >= 0.6 is 0 Å². The predicted octanol–water partition coefficient (Wildman–Crippen LogP) is 3.28. The number of carbonyl (C=O) groups excluding carboxylic acids is 2. The summed E-state index contributed by atoms with van der Waals surface area (Å²) >= 11 is 0. The quantitative estimate of drug-likeness (QED) is 0.900. The smallest absolute Gasteiger partial charge is 0.223 e. The third-order valence-electron chi connectivity index (χ3n) is 4.47. The first kappa shape index (κ1) is 17.7. The van der Waals surface area contributed by atoms with E-state index in [0.717, 1.165) is 22.4 Å². The Bertz CT molecular complexity index is 845. The van der Waals surface area contributed by atoms with Crippen LogP contribution in [0.4, 0.5) is 0 Å². The van der Waals surface area contributed by atoms with Crippen molar-refractivity contribution in [3.63, 3.8) is 0 Å². The van der Waals surface area contributed by atoms with Crippen LogP contribution in [0.15, 0.2) is 54.7 Å². The molecule has 0 bridgehead atoms. The van der Waals surface area contributed by atoms with Crippen molar-refractivity contribution < 1.29 is 14.3 Å². The lowest BCUT2D eigenvalue weighted by Crippen LogP contribution is -2.35. The molecule has 2 amide bonds. The van der Waals surface area contributed by atoms with Gasteiger partial charge >= 0.3 is 0 Å². The number of rotatable bonds is 5. The van der Waals surface area contributed by atoms with Gasteiger partial charge in [0.2, 0.25) is 11.8 Å². The van der Waals surface area contributed by atoms with Gasteiger partial charge in [-0.3, -0.25) is 9.59 Å². The zero-order chi connectivity index (χ0) is 18.5. The number of fused-ring (bicyclic) bond motifs is 1. The van der Waals surface area contributed by atoms with E-state index in [1.165, 1.54) is 6.92 Å². The largest absolute Gasteiger partial charge is 0.497 e. The molecule has 1 aliphatic rings. The molecule has 3 rings (SSSR count). The Labute approximate surface area is 153 Å². The van der Waals surface area contributed by atoms with E-state index in [-0.39, 0.29) is 24.3 Å². The second-order valence-electron chi connectivity index (χ2n) is 6.22. The maximum absolute atomic E-state index is 12.5. The molecule has 0 aromatic heterocycles. The van der Waals surface area contributed by atoms with E-state index in [1.807, 2.05) is 54.6 Å². The molecule has 5 heteroatoms. The normalized spacial score (nSPS) is 15.3. The minimum atomic E-state index is -0.293. The van der Waals surface area contributed by atoms with Crippen molar-refractivity contribution in [2.24, 2.45) is 0 Å². The van der Waals surface area contributed by atoms with E-state index in [2.05, 4.69) is 5.32 Å². The summed E-state index contributed by atoms with van der Waals surface area (Å²) in [5.41, 5.74) is 2.99. The van der Waals surface area contributed by atoms with E-state index < -0.39 is 0 Å². The van der Waals surface area contributed by atoms with Gasteiger partial charge < -0.3 is 15.0 Å². The van der Waals surface area contributed by atoms with Gasteiger partial charge in [-0.15, -0.1) is 0 Å². The summed E-state index contributed by atoms with van der Waals surface area (Å²) in [4.78, 5) is 26.1. The van der Waals surface area contributed by atoms with Crippen LogP contribution in [0.1, 0.15) is 36.1 Å². The zero-order valence-corrected chi connectivity index (χ0v) is 14.9. The van der Waals surface area contributed by atoms with Gasteiger partial charge in [0, 0.05) is 19.7 Å². The third kappa shape index (κ3) is 3.94. The molecule has 0 saturated heterocycles. The molecule has 1 aliphatic heterocycles. The maximum atomic E-state index is 12.5. The zero-order valence-electron chi connectivity index (χ0n) is 14.9. The lowest BCUT2D eigenvalue weighted by atomic mass is 9.93. The van der Waals surface area contributed by atoms with Gasteiger partial charge in [-0.05, 0) is 34.9 Å². The van der Waals surface area contributed by atoms with E-state index in [0.29, 0.717) is 6.54 Å². The van der Waals surface area contributed by atoms with Gasteiger partial charge in [0.25, 0.3) is 0 Å². The molecule has 0 fully saturated rings. The van der Waals surface area contributed by atoms with Crippen LogP contribution in [0.2, 0.25) is 0 Å². The highest BCUT2D eigenvalue weighted by Gasteiger charge is 2.27. The molecule has 0 radical (unpaired) electrons. The average Bonchev–Trinajstić information content (AvgIpc) is 2.66. The number of methoxy groups -OCH3 is 1. The molecular formula is C21H22N2O3. The van der Waals surface area contributed by atoms with E-state index in [1.54, 1.807) is 18.2 Å². The van der Waals surface area contributed by atoms with Crippen LogP contribution < -0.4 is 10.1 Å². The molecule has 1 heterocycles. The van der Waals surface area contributed by atoms with Gasteiger partial charge in [-0.2, -0.15) is 0 Å². The standard InChI is InChI=1S/C21H22N2O3/c1-15(24)23-11-10-17-7-3-4-9-19(17)20(23)13-21(25)22-14-16-6-5-8-18(12-16)26-2/h3-12,20H,13-14H2,1-2H3,(H,22,25)/t20-/m0/s1. The number of nitrogens with zero attached hydrogens (tertiary/aromatic N) is 1. The van der Waals surface area contributed by atoms with Crippen LogP contribution in [-0.2, 0) is 16.1 Å². The van der Waals surface area contributed by atoms with Crippen molar-refractivity contribution in [3.05, 3.63) is 71.4 Å². The van der Waals surface area contributed by atoms with Gasteiger partial charge in [0.1, 0.15) is 5.75 Å². The molecule has 0 spiro atoms. The fraction of sp³-hybridized carbons (Fsp3) is 0.238. The first-order valence-electron chi connectivity index (χ1n) is 8.54. The Morgan fingerprint density at radius 3 is 2.73 bits per heavy atom. The van der Waals surface area contributed by atoms with E-state index >= 15 is 0 Å². The summed E-state index contributed by atoms with van der Waals surface area (Å²) in [6.45, 7) is 1.93. The Morgan fingerprint density at radius 2 is 1.96 bits per heavy atom. The minimum absolute atomic E-state index is 0.0821. The summed E-state index contributed by atoms with van der Waals surface area (Å²) in [5.74, 6) is 0.571. The first-order valence-corrected chi connectivity index (χ1v) is 8.54. The molecule has 0 unspecified atom stereocenters. The van der Waals surface area contributed by atoms with Crippen LogP contribution in [-0.4, -0.2) is 23.8 Å². The molecule has 0 saturated carbocycles. The van der Waals surface area contributed by atoms with Crippen molar-refractivity contribution in [1.82, 2.24) is 10.2 Å². The Balaban J connectivity index is 1.70. The van der Waals surface area contributed by atoms with Crippen molar-refractivity contribution in [1.29, 1.82) is 0 Å². The van der Waals surface area contributed by atoms with Gasteiger partial charge in [-0.25, -0.2) is 0 Å². The summed E-state index contributed by atoms with van der Waals surface area (Å²) in [7, 11) is 1.61. The van der Waals surface area contributed by atoms with Crippen molar-refractivity contribution >= 4 is 17.9 Å². The summed E-state index contributed by atoms with van der Waals surface area (Å²) in [6.07, 6.45) is 3.87. The lowest BCUT2D eigenvalue weighted by molar-refractivity contribution is -0.130. The topological polar surface area (TPSA) is 58.6 Å². The number of hydrogen-bond acceptors (Lipinski definition) is 3. The first-order chi connectivity index (χ1) is 12.6. The summed E-state index contributed by atoms with van der Waals surface area (Å²) in [6, 6.07) is 15.1. The number of hydrogen-bond donors (Lipinski definition) is 1. The van der Waals surface area contributed by atoms with Crippen molar-refractivity contribution in [3.8, 4) is 5.75 Å². The highest BCUT2D eigenvalue weighted by Crippen LogP contribution is 2.32. The second-order valence-corrected chi connectivity index (χ2v) is 6.22. The van der Waals surface area contributed by atoms with Crippen molar-refractivity contribution in [2.45, 2.75) is 25.9 Å². The highest BCUT2D eigenvalue weighted by molar-refractivity contribution is 5.81. The van der Waals surface area contributed by atoms with Gasteiger partial charge in [0.05, 0.1) is 19.6 Å². The molecule has 26 heavy (non-hydrogen) atoms. The second kappa shape index (κ2) is 7.87. The van der Waals surface area contributed by atoms with Crippen LogP contribution in [0.5, 0.6) is 5.75 Å².